The molecule has 1 heterocycles. The third-order valence-electron chi connectivity index (χ3n) is 6.01. The number of amides is 2. The lowest BCUT2D eigenvalue weighted by atomic mass is 9.73. The van der Waals surface area contributed by atoms with Gasteiger partial charge in [0.1, 0.15) is 0 Å². The minimum atomic E-state index is -0.00222. The molecule has 1 spiro atoms. The van der Waals surface area contributed by atoms with Gasteiger partial charge < -0.3 is 10.2 Å². The Labute approximate surface area is 156 Å². The maximum atomic E-state index is 12.3. The Morgan fingerprint density at radius 2 is 1.88 bits per heavy atom. The summed E-state index contributed by atoms with van der Waals surface area (Å²) in [6, 6.07) is 8.68. The lowest BCUT2D eigenvalue weighted by molar-refractivity contribution is -0.130. The van der Waals surface area contributed by atoms with Gasteiger partial charge in [-0.25, -0.2) is 0 Å². The summed E-state index contributed by atoms with van der Waals surface area (Å²) in [6.45, 7) is 6.23. The highest BCUT2D eigenvalue weighted by molar-refractivity contribution is 5.79. The quantitative estimate of drug-likeness (QED) is 0.900. The number of benzene rings is 1. The van der Waals surface area contributed by atoms with Crippen molar-refractivity contribution >= 4 is 11.8 Å². The summed E-state index contributed by atoms with van der Waals surface area (Å²) in [5.41, 5.74) is 2.80. The zero-order chi connectivity index (χ0) is 18.9. The van der Waals surface area contributed by atoms with Crippen molar-refractivity contribution in [2.45, 2.75) is 44.6 Å². The summed E-state index contributed by atoms with van der Waals surface area (Å²) in [4.78, 5) is 28.2. The number of nitrogens with one attached hydrogen (secondary N) is 1. The Kier molecular flexibility index (Phi) is 5.37. The summed E-state index contributed by atoms with van der Waals surface area (Å²) in [5, 5.41) is 3.25. The van der Waals surface area contributed by atoms with Gasteiger partial charge in [-0.3, -0.25) is 14.5 Å². The zero-order valence-corrected chi connectivity index (χ0v) is 16.4. The number of carbonyl (C=O) groups is 2. The van der Waals surface area contributed by atoms with Gasteiger partial charge in [0.25, 0.3) is 0 Å². The molecule has 3 rings (SSSR count). The molecule has 0 saturated carbocycles. The number of rotatable bonds is 4. The molecular weight excluding hydrogens is 326 g/mol. The van der Waals surface area contributed by atoms with Gasteiger partial charge in [0.2, 0.25) is 11.8 Å². The van der Waals surface area contributed by atoms with Crippen LogP contribution in [0.4, 0.5) is 0 Å². The van der Waals surface area contributed by atoms with Crippen molar-refractivity contribution in [2.24, 2.45) is 5.92 Å². The SMILES string of the molecule is CC(C)C(=O)N[C@@H]1CC2(CCN(CC(=O)N(C)C)CC2)c2ccccc21. The van der Waals surface area contributed by atoms with Crippen LogP contribution >= 0.6 is 0 Å². The summed E-state index contributed by atoms with van der Waals surface area (Å²) in [5.74, 6) is 0.281. The van der Waals surface area contributed by atoms with E-state index in [4.69, 9.17) is 0 Å². The molecule has 1 aromatic carbocycles. The lowest BCUT2D eigenvalue weighted by Crippen LogP contribution is -2.45. The Balaban J connectivity index is 1.73. The first kappa shape index (κ1) is 18.9. The average Bonchev–Trinajstić information content (AvgIpc) is 2.91. The first-order chi connectivity index (χ1) is 12.3. The van der Waals surface area contributed by atoms with Crippen LogP contribution in [0.2, 0.25) is 0 Å². The third-order valence-corrected chi connectivity index (χ3v) is 6.01. The average molecular weight is 357 g/mol. The van der Waals surface area contributed by atoms with Crippen LogP contribution in [0, 0.1) is 5.92 Å². The van der Waals surface area contributed by atoms with Gasteiger partial charge in [0.15, 0.2) is 0 Å². The highest BCUT2D eigenvalue weighted by Gasteiger charge is 2.45. The summed E-state index contributed by atoms with van der Waals surface area (Å²) in [6.07, 6.45) is 3.05. The van der Waals surface area contributed by atoms with E-state index in [9.17, 15) is 9.59 Å². The van der Waals surface area contributed by atoms with Gasteiger partial charge in [-0.1, -0.05) is 38.1 Å². The molecule has 1 aliphatic heterocycles. The highest BCUT2D eigenvalue weighted by Crippen LogP contribution is 2.50. The summed E-state index contributed by atoms with van der Waals surface area (Å²) < 4.78 is 0. The molecule has 5 heteroatoms. The number of piperidine rings is 1. The van der Waals surface area contributed by atoms with Crippen LogP contribution in [-0.4, -0.2) is 55.3 Å². The van der Waals surface area contributed by atoms with E-state index in [1.165, 1.54) is 11.1 Å². The number of carbonyl (C=O) groups excluding carboxylic acids is 2. The molecule has 0 unspecified atom stereocenters. The van der Waals surface area contributed by atoms with Gasteiger partial charge >= 0.3 is 0 Å². The molecule has 26 heavy (non-hydrogen) atoms. The molecule has 1 fully saturated rings. The minimum Gasteiger partial charge on any atom is -0.349 e. The van der Waals surface area contributed by atoms with Gasteiger partial charge in [-0.15, -0.1) is 0 Å². The molecule has 1 saturated heterocycles. The highest BCUT2D eigenvalue weighted by atomic mass is 16.2. The largest absolute Gasteiger partial charge is 0.349 e. The second-order valence-corrected chi connectivity index (χ2v) is 8.35. The fourth-order valence-corrected chi connectivity index (χ4v) is 4.31. The molecule has 1 aliphatic carbocycles. The predicted molar refractivity (Wildman–Crippen MR) is 103 cm³/mol. The van der Waals surface area contributed by atoms with Crippen molar-refractivity contribution in [1.82, 2.24) is 15.1 Å². The van der Waals surface area contributed by atoms with Crippen molar-refractivity contribution in [3.05, 3.63) is 35.4 Å². The summed E-state index contributed by atoms with van der Waals surface area (Å²) >= 11 is 0. The van der Waals surface area contributed by atoms with E-state index < -0.39 is 0 Å². The van der Waals surface area contributed by atoms with Crippen LogP contribution in [0.1, 0.15) is 50.3 Å². The maximum Gasteiger partial charge on any atom is 0.236 e. The standard InChI is InChI=1S/C21H31N3O2/c1-15(2)20(26)22-18-13-21(17-8-6-5-7-16(17)18)9-11-24(12-10-21)14-19(25)23(3)4/h5-8,15,18H,9-14H2,1-4H3,(H,22,26)/t18-/m1/s1. The first-order valence-electron chi connectivity index (χ1n) is 9.65. The number of nitrogens with zero attached hydrogens (tertiary/aromatic N) is 2. The van der Waals surface area contributed by atoms with E-state index in [0.29, 0.717) is 6.54 Å². The monoisotopic (exact) mass is 357 g/mol. The lowest BCUT2D eigenvalue weighted by Gasteiger charge is -2.40. The molecular formula is C21H31N3O2. The molecule has 2 amide bonds. The van der Waals surface area contributed by atoms with Crippen molar-refractivity contribution in [1.29, 1.82) is 0 Å². The van der Waals surface area contributed by atoms with Crippen LogP contribution in [-0.2, 0) is 15.0 Å². The molecule has 1 N–H and O–H groups in total. The van der Waals surface area contributed by atoms with Crippen molar-refractivity contribution in [2.75, 3.05) is 33.7 Å². The van der Waals surface area contributed by atoms with E-state index >= 15 is 0 Å². The molecule has 0 bridgehead atoms. The second kappa shape index (κ2) is 7.39. The molecule has 5 nitrogen and oxygen atoms in total. The van der Waals surface area contributed by atoms with Crippen LogP contribution in [0.15, 0.2) is 24.3 Å². The van der Waals surface area contributed by atoms with E-state index in [-0.39, 0.29) is 29.2 Å². The molecule has 1 aromatic rings. The fraction of sp³-hybridized carbons (Fsp3) is 0.619. The number of hydrogen-bond donors (Lipinski definition) is 1. The zero-order valence-electron chi connectivity index (χ0n) is 16.4. The van der Waals surface area contributed by atoms with Crippen LogP contribution in [0.25, 0.3) is 0 Å². The Bertz CT molecular complexity index is 676. The van der Waals surface area contributed by atoms with Gasteiger partial charge in [-0.05, 0) is 43.5 Å². The van der Waals surface area contributed by atoms with E-state index in [1.807, 2.05) is 27.9 Å². The van der Waals surface area contributed by atoms with Gasteiger partial charge in [0.05, 0.1) is 12.6 Å². The van der Waals surface area contributed by atoms with E-state index in [2.05, 4.69) is 34.5 Å². The molecule has 0 aromatic heterocycles. The number of likely N-dealkylation sites (N-methyl/N-ethyl adjacent to an activating group) is 1. The number of fused-ring (bicyclic) bond motifs is 2. The van der Waals surface area contributed by atoms with Crippen LogP contribution in [0.3, 0.4) is 0 Å². The smallest absolute Gasteiger partial charge is 0.236 e. The minimum absolute atomic E-state index is 0.00222. The Morgan fingerprint density at radius 3 is 2.50 bits per heavy atom. The van der Waals surface area contributed by atoms with Gasteiger partial charge in [-0.2, -0.15) is 0 Å². The third kappa shape index (κ3) is 3.63. The topological polar surface area (TPSA) is 52.7 Å². The van der Waals surface area contributed by atoms with Crippen molar-refractivity contribution in [3.63, 3.8) is 0 Å². The number of likely N-dealkylation sites (tertiary alicyclic amines) is 1. The fourth-order valence-electron chi connectivity index (χ4n) is 4.31. The first-order valence-corrected chi connectivity index (χ1v) is 9.65. The van der Waals surface area contributed by atoms with E-state index in [1.54, 1.807) is 4.90 Å². The number of hydrogen-bond acceptors (Lipinski definition) is 3. The molecule has 2 aliphatic rings. The predicted octanol–water partition coefficient (Wildman–Crippen LogP) is 2.33. The molecule has 1 atom stereocenters. The van der Waals surface area contributed by atoms with Crippen molar-refractivity contribution in [3.8, 4) is 0 Å². The maximum absolute atomic E-state index is 12.3. The van der Waals surface area contributed by atoms with Gasteiger partial charge in [0, 0.05) is 25.4 Å². The van der Waals surface area contributed by atoms with Crippen LogP contribution < -0.4 is 5.32 Å². The molecule has 142 valence electrons. The van der Waals surface area contributed by atoms with Crippen LogP contribution in [0.5, 0.6) is 0 Å². The molecule has 0 radical (unpaired) electrons. The Hall–Kier alpha value is -1.88. The Morgan fingerprint density at radius 1 is 1.23 bits per heavy atom. The van der Waals surface area contributed by atoms with E-state index in [0.717, 1.165) is 32.4 Å². The van der Waals surface area contributed by atoms with Crippen molar-refractivity contribution < 1.29 is 9.59 Å². The second-order valence-electron chi connectivity index (χ2n) is 8.35. The normalized spacial score (nSPS) is 21.7. The summed E-state index contributed by atoms with van der Waals surface area (Å²) in [7, 11) is 3.62.